The third kappa shape index (κ3) is 5.24. The Hall–Kier alpha value is -3.19. The van der Waals surface area contributed by atoms with Gasteiger partial charge >= 0.3 is 0 Å². The highest BCUT2D eigenvalue weighted by molar-refractivity contribution is 5.98. The molecule has 1 heterocycles. The molecule has 3 aromatic rings. The zero-order valence-corrected chi connectivity index (χ0v) is 17.6. The molecule has 3 rings (SSSR count). The van der Waals surface area contributed by atoms with Crippen molar-refractivity contribution >= 4 is 22.8 Å². The molecule has 2 amide bonds. The standard InChI is InChI=1S/C23H28N4O3/c1-4-8-21-25-20-13-18(11-15(2)22(20)26-21)23(29)24-19(14-27(30)16(3)28)12-17-9-6-5-7-10-17/h5-7,9-11,13,19,30H,4,8,12,14H2,1-3H3,(H,24,29)(H,25,26)/t19-/m1/s1. The van der Waals surface area contributed by atoms with E-state index >= 15 is 0 Å². The van der Waals surface area contributed by atoms with E-state index in [9.17, 15) is 14.8 Å². The third-order valence-electron chi connectivity index (χ3n) is 4.99. The number of aromatic amines is 1. The topological polar surface area (TPSA) is 98.3 Å². The molecule has 0 saturated carbocycles. The first-order valence-electron chi connectivity index (χ1n) is 10.2. The zero-order valence-electron chi connectivity index (χ0n) is 17.6. The fraction of sp³-hybridized carbons (Fsp3) is 0.348. The van der Waals surface area contributed by atoms with Crippen LogP contribution in [0.4, 0.5) is 0 Å². The number of aryl methyl sites for hydroxylation is 2. The number of hydrogen-bond donors (Lipinski definition) is 3. The van der Waals surface area contributed by atoms with E-state index in [1.807, 2.05) is 43.3 Å². The average Bonchev–Trinajstić information content (AvgIpc) is 3.12. The van der Waals surface area contributed by atoms with Crippen LogP contribution in [0.25, 0.3) is 11.0 Å². The number of H-pyrrole nitrogens is 1. The molecule has 1 aromatic heterocycles. The first kappa shape index (κ1) is 21.5. The van der Waals surface area contributed by atoms with E-state index in [1.54, 1.807) is 6.07 Å². The summed E-state index contributed by atoms with van der Waals surface area (Å²) in [5.74, 6) is 0.178. The molecule has 0 aliphatic rings. The van der Waals surface area contributed by atoms with Crippen molar-refractivity contribution in [2.75, 3.05) is 6.54 Å². The lowest BCUT2D eigenvalue weighted by atomic mass is 10.0. The van der Waals surface area contributed by atoms with Crippen molar-refractivity contribution in [2.24, 2.45) is 0 Å². The summed E-state index contributed by atoms with van der Waals surface area (Å²) in [4.78, 5) is 32.4. The van der Waals surface area contributed by atoms with Gasteiger partial charge in [-0.2, -0.15) is 0 Å². The Labute approximate surface area is 176 Å². The number of amides is 2. The normalized spacial score (nSPS) is 12.0. The largest absolute Gasteiger partial charge is 0.347 e. The number of benzene rings is 2. The summed E-state index contributed by atoms with van der Waals surface area (Å²) in [5.41, 5.74) is 4.13. The van der Waals surface area contributed by atoms with Crippen molar-refractivity contribution in [3.05, 3.63) is 65.0 Å². The molecule has 0 spiro atoms. The zero-order chi connectivity index (χ0) is 21.7. The van der Waals surface area contributed by atoms with Crippen LogP contribution in [0.1, 0.15) is 47.6 Å². The van der Waals surface area contributed by atoms with E-state index in [0.717, 1.165) is 40.8 Å². The lowest BCUT2D eigenvalue weighted by Crippen LogP contribution is -2.45. The Morgan fingerprint density at radius 2 is 1.97 bits per heavy atom. The number of nitrogens with zero attached hydrogens (tertiary/aromatic N) is 2. The molecular formula is C23H28N4O3. The van der Waals surface area contributed by atoms with Crippen LogP contribution in [0.2, 0.25) is 0 Å². The van der Waals surface area contributed by atoms with Crippen LogP contribution < -0.4 is 5.32 Å². The highest BCUT2D eigenvalue weighted by Gasteiger charge is 2.20. The Bertz CT molecular complexity index is 1030. The number of rotatable bonds is 8. The molecule has 0 unspecified atom stereocenters. The van der Waals surface area contributed by atoms with E-state index < -0.39 is 11.9 Å². The van der Waals surface area contributed by atoms with E-state index in [2.05, 4.69) is 22.2 Å². The molecule has 3 N–H and O–H groups in total. The van der Waals surface area contributed by atoms with E-state index in [-0.39, 0.29) is 12.5 Å². The lowest BCUT2D eigenvalue weighted by Gasteiger charge is -2.23. The van der Waals surface area contributed by atoms with E-state index in [0.29, 0.717) is 17.0 Å². The van der Waals surface area contributed by atoms with Crippen LogP contribution >= 0.6 is 0 Å². The summed E-state index contributed by atoms with van der Waals surface area (Å²) in [5, 5.41) is 13.5. The Kier molecular flexibility index (Phi) is 6.84. The lowest BCUT2D eigenvalue weighted by molar-refractivity contribution is -0.163. The summed E-state index contributed by atoms with van der Waals surface area (Å²) in [6, 6.07) is 12.8. The molecule has 7 heteroatoms. The second kappa shape index (κ2) is 9.54. The van der Waals surface area contributed by atoms with Crippen LogP contribution in [0.15, 0.2) is 42.5 Å². The van der Waals surface area contributed by atoms with Crippen LogP contribution in [-0.4, -0.2) is 44.6 Å². The molecule has 0 bridgehead atoms. The predicted octanol–water partition coefficient (Wildman–Crippen LogP) is 3.40. The van der Waals surface area contributed by atoms with Crippen LogP contribution in [0.3, 0.4) is 0 Å². The summed E-state index contributed by atoms with van der Waals surface area (Å²) < 4.78 is 0. The van der Waals surface area contributed by atoms with Crippen LogP contribution in [0, 0.1) is 6.92 Å². The number of hydroxylamine groups is 2. The number of hydrogen-bond acceptors (Lipinski definition) is 4. The molecule has 0 saturated heterocycles. The summed E-state index contributed by atoms with van der Waals surface area (Å²) >= 11 is 0. The number of imidazole rings is 1. The van der Waals surface area contributed by atoms with Crippen molar-refractivity contribution in [1.82, 2.24) is 20.3 Å². The molecule has 0 aliphatic heterocycles. The van der Waals surface area contributed by atoms with Gasteiger partial charge in [-0.3, -0.25) is 14.8 Å². The third-order valence-corrected chi connectivity index (χ3v) is 4.99. The minimum absolute atomic E-state index is 0.00188. The quantitative estimate of drug-likeness (QED) is 0.393. The molecule has 1 atom stereocenters. The number of fused-ring (bicyclic) bond motifs is 1. The maximum Gasteiger partial charge on any atom is 0.251 e. The minimum Gasteiger partial charge on any atom is -0.347 e. The monoisotopic (exact) mass is 408 g/mol. The molecule has 0 fully saturated rings. The van der Waals surface area contributed by atoms with Crippen molar-refractivity contribution in [3.63, 3.8) is 0 Å². The van der Waals surface area contributed by atoms with Gasteiger partial charge < -0.3 is 10.3 Å². The van der Waals surface area contributed by atoms with Gasteiger partial charge in [-0.25, -0.2) is 10.0 Å². The molecule has 0 aliphatic carbocycles. The second-order valence-corrected chi connectivity index (χ2v) is 7.58. The maximum absolute atomic E-state index is 13.0. The Balaban J connectivity index is 1.82. The van der Waals surface area contributed by atoms with Gasteiger partial charge in [-0.1, -0.05) is 37.3 Å². The summed E-state index contributed by atoms with van der Waals surface area (Å²) in [6.07, 6.45) is 2.33. The molecule has 30 heavy (non-hydrogen) atoms. The van der Waals surface area contributed by atoms with Crippen molar-refractivity contribution in [3.8, 4) is 0 Å². The first-order valence-corrected chi connectivity index (χ1v) is 10.2. The van der Waals surface area contributed by atoms with Gasteiger partial charge in [0.2, 0.25) is 5.91 Å². The van der Waals surface area contributed by atoms with Gasteiger partial charge in [0.15, 0.2) is 0 Å². The highest BCUT2D eigenvalue weighted by Crippen LogP contribution is 2.20. The van der Waals surface area contributed by atoms with Gasteiger partial charge in [0.25, 0.3) is 5.91 Å². The molecule has 0 radical (unpaired) electrons. The van der Waals surface area contributed by atoms with Crippen molar-refractivity contribution in [2.45, 2.75) is 46.1 Å². The van der Waals surface area contributed by atoms with E-state index in [4.69, 9.17) is 0 Å². The Morgan fingerprint density at radius 1 is 1.23 bits per heavy atom. The molecule has 7 nitrogen and oxygen atoms in total. The van der Waals surface area contributed by atoms with Gasteiger partial charge in [-0.15, -0.1) is 0 Å². The van der Waals surface area contributed by atoms with Crippen LogP contribution in [-0.2, 0) is 17.6 Å². The summed E-state index contributed by atoms with van der Waals surface area (Å²) in [6.45, 7) is 5.31. The van der Waals surface area contributed by atoms with Gasteiger partial charge in [-0.05, 0) is 43.0 Å². The van der Waals surface area contributed by atoms with Crippen molar-refractivity contribution in [1.29, 1.82) is 0 Å². The second-order valence-electron chi connectivity index (χ2n) is 7.58. The maximum atomic E-state index is 13.0. The predicted molar refractivity (Wildman–Crippen MR) is 115 cm³/mol. The van der Waals surface area contributed by atoms with Crippen LogP contribution in [0.5, 0.6) is 0 Å². The Morgan fingerprint density at radius 3 is 2.63 bits per heavy atom. The van der Waals surface area contributed by atoms with E-state index in [1.165, 1.54) is 6.92 Å². The first-order chi connectivity index (χ1) is 14.4. The molecule has 2 aromatic carbocycles. The summed E-state index contributed by atoms with van der Waals surface area (Å²) in [7, 11) is 0. The average molecular weight is 409 g/mol. The van der Waals surface area contributed by atoms with Gasteiger partial charge in [0.1, 0.15) is 5.82 Å². The van der Waals surface area contributed by atoms with Crippen molar-refractivity contribution < 1.29 is 14.8 Å². The number of carbonyl (C=O) groups is 2. The molecular weight excluding hydrogens is 380 g/mol. The fourth-order valence-corrected chi connectivity index (χ4v) is 3.49. The number of carbonyl (C=O) groups excluding carboxylic acids is 2. The highest BCUT2D eigenvalue weighted by atomic mass is 16.5. The SMILES string of the molecule is CCCc1nc2c(C)cc(C(=O)N[C@H](Cc3ccccc3)CN(O)C(C)=O)cc2[nH]1. The number of nitrogens with one attached hydrogen (secondary N) is 2. The van der Waals surface area contributed by atoms with Gasteiger partial charge in [0, 0.05) is 18.9 Å². The fourth-order valence-electron chi connectivity index (χ4n) is 3.49. The molecule has 158 valence electrons. The minimum atomic E-state index is -0.472. The van der Waals surface area contributed by atoms with Gasteiger partial charge in [0.05, 0.1) is 23.6 Å². The number of aromatic nitrogens is 2. The smallest absolute Gasteiger partial charge is 0.251 e.